The van der Waals surface area contributed by atoms with Gasteiger partial charge in [-0.3, -0.25) is 14.9 Å². The number of aldehydes is 1. The lowest BCUT2D eigenvalue weighted by Gasteiger charge is -2.24. The molecule has 1 amide bonds. The predicted octanol–water partition coefficient (Wildman–Crippen LogP) is 0.781. The van der Waals surface area contributed by atoms with Crippen LogP contribution in [0.25, 0.3) is 0 Å². The second-order valence-corrected chi connectivity index (χ2v) is 4.05. The molecule has 0 heterocycles. The third kappa shape index (κ3) is 5.11. The second kappa shape index (κ2) is 6.31. The van der Waals surface area contributed by atoms with Gasteiger partial charge in [-0.05, 0) is 5.92 Å². The molecule has 0 aromatic heterocycles. The number of carbonyl (C=O) groups is 2. The summed E-state index contributed by atoms with van der Waals surface area (Å²) in [6.45, 7) is 2.10. The van der Waals surface area contributed by atoms with Crippen LogP contribution in [0.3, 0.4) is 0 Å². The van der Waals surface area contributed by atoms with Crippen molar-refractivity contribution in [1.29, 1.82) is 0 Å². The molecule has 0 aliphatic heterocycles. The van der Waals surface area contributed by atoms with E-state index in [9.17, 15) is 32.9 Å². The minimum atomic E-state index is -5.14. The van der Waals surface area contributed by atoms with Crippen molar-refractivity contribution >= 4 is 12.2 Å². The monoisotopic (exact) mass is 270 g/mol. The van der Waals surface area contributed by atoms with Gasteiger partial charge in [0.05, 0.1) is 0 Å². The lowest BCUT2D eigenvalue weighted by atomic mass is 9.89. The van der Waals surface area contributed by atoms with E-state index < -0.39 is 41.4 Å². The van der Waals surface area contributed by atoms with E-state index in [1.54, 1.807) is 0 Å². The molecule has 0 aliphatic carbocycles. The van der Waals surface area contributed by atoms with Crippen LogP contribution < -0.4 is 5.32 Å². The van der Waals surface area contributed by atoms with Gasteiger partial charge < -0.3 is 10.1 Å². The molecule has 0 aromatic carbocycles. The molecule has 0 spiro atoms. The number of rotatable bonds is 6. The van der Waals surface area contributed by atoms with Crippen molar-refractivity contribution in [2.75, 3.05) is 6.54 Å². The van der Waals surface area contributed by atoms with Gasteiger partial charge in [0.15, 0.2) is 0 Å². The van der Waals surface area contributed by atoms with Gasteiger partial charge in [-0.1, -0.05) is 13.8 Å². The van der Waals surface area contributed by atoms with Gasteiger partial charge in [0.25, 0.3) is 0 Å². The molecule has 0 saturated heterocycles. The summed E-state index contributed by atoms with van der Waals surface area (Å²) in [5.41, 5.74) is 0. The van der Waals surface area contributed by atoms with E-state index in [1.807, 2.05) is 0 Å². The number of alkyl halides is 3. The van der Waals surface area contributed by atoms with Crippen LogP contribution in [-0.2, 0) is 9.59 Å². The van der Waals surface area contributed by atoms with Gasteiger partial charge in [-0.2, -0.15) is 13.2 Å². The minimum absolute atomic E-state index is 0.315. The Kier molecular flexibility index (Phi) is 5.73. The molecule has 0 unspecified atom stereocenters. The molecular formula is C9H13F3N2O4. The van der Waals surface area contributed by atoms with Gasteiger partial charge in [-0.15, -0.1) is 0 Å². The number of halogens is 3. The highest BCUT2D eigenvalue weighted by molar-refractivity contribution is 5.82. The maximum atomic E-state index is 12.0. The number of carbonyl (C=O) groups excluding carboxylic acids is 2. The van der Waals surface area contributed by atoms with E-state index >= 15 is 0 Å². The van der Waals surface area contributed by atoms with E-state index in [-0.39, 0.29) is 0 Å². The fourth-order valence-electron chi connectivity index (χ4n) is 1.39. The molecule has 0 fully saturated rings. The maximum Gasteiger partial charge on any atom is 0.471 e. The van der Waals surface area contributed by atoms with E-state index in [2.05, 4.69) is 0 Å². The summed E-state index contributed by atoms with van der Waals surface area (Å²) in [7, 11) is 0. The van der Waals surface area contributed by atoms with Crippen LogP contribution in [0.15, 0.2) is 0 Å². The summed E-state index contributed by atoms with van der Waals surface area (Å²) in [6, 6.07) is -1.48. The first kappa shape index (κ1) is 16.3. The van der Waals surface area contributed by atoms with Gasteiger partial charge in [0, 0.05) is 10.8 Å². The molecule has 1 N–H and O–H groups in total. The van der Waals surface area contributed by atoms with Crippen molar-refractivity contribution in [2.45, 2.75) is 26.1 Å². The van der Waals surface area contributed by atoms with E-state index in [0.717, 1.165) is 0 Å². The molecule has 6 nitrogen and oxygen atoms in total. The minimum Gasteiger partial charge on any atom is -0.338 e. The van der Waals surface area contributed by atoms with Gasteiger partial charge in [0.1, 0.15) is 12.3 Å². The van der Waals surface area contributed by atoms with E-state index in [4.69, 9.17) is 0 Å². The number of hydrogen-bond acceptors (Lipinski definition) is 4. The predicted molar refractivity (Wildman–Crippen MR) is 54.2 cm³/mol. The fraction of sp³-hybridized carbons (Fsp3) is 0.778. The molecule has 0 saturated carbocycles. The summed E-state index contributed by atoms with van der Waals surface area (Å²) in [6.07, 6.45) is -4.82. The van der Waals surface area contributed by atoms with Crippen LogP contribution >= 0.6 is 0 Å². The number of amides is 1. The number of nitrogens with one attached hydrogen (secondary N) is 1. The van der Waals surface area contributed by atoms with Gasteiger partial charge >= 0.3 is 12.1 Å². The Morgan fingerprint density at radius 3 is 2.22 bits per heavy atom. The first-order chi connectivity index (χ1) is 8.09. The van der Waals surface area contributed by atoms with Crippen molar-refractivity contribution in [1.82, 2.24) is 5.32 Å². The molecule has 0 aromatic rings. The summed E-state index contributed by atoms with van der Waals surface area (Å²) < 4.78 is 36.1. The molecule has 104 valence electrons. The molecule has 0 rings (SSSR count). The Morgan fingerprint density at radius 2 is 1.94 bits per heavy atom. The van der Waals surface area contributed by atoms with Crippen LogP contribution in [0.1, 0.15) is 13.8 Å². The van der Waals surface area contributed by atoms with E-state index in [0.29, 0.717) is 6.29 Å². The number of nitrogens with zero attached hydrogens (tertiary/aromatic N) is 1. The third-order valence-corrected chi connectivity index (χ3v) is 2.31. The zero-order valence-corrected chi connectivity index (χ0v) is 9.73. The average Bonchev–Trinajstić information content (AvgIpc) is 2.15. The zero-order valence-electron chi connectivity index (χ0n) is 9.73. The highest BCUT2D eigenvalue weighted by Crippen LogP contribution is 2.18. The summed E-state index contributed by atoms with van der Waals surface area (Å²) in [5.74, 6) is -3.77. The van der Waals surface area contributed by atoms with Gasteiger partial charge in [-0.25, -0.2) is 0 Å². The smallest absolute Gasteiger partial charge is 0.338 e. The fourth-order valence-corrected chi connectivity index (χ4v) is 1.39. The Bertz CT molecular complexity index is 330. The average molecular weight is 270 g/mol. The van der Waals surface area contributed by atoms with Crippen LogP contribution in [0.5, 0.6) is 0 Å². The zero-order chi connectivity index (χ0) is 14.5. The molecule has 2 atom stereocenters. The third-order valence-electron chi connectivity index (χ3n) is 2.31. The van der Waals surface area contributed by atoms with E-state index in [1.165, 1.54) is 19.2 Å². The molecule has 18 heavy (non-hydrogen) atoms. The van der Waals surface area contributed by atoms with Crippen LogP contribution in [-0.4, -0.2) is 35.9 Å². The molecular weight excluding hydrogens is 257 g/mol. The van der Waals surface area contributed by atoms with Gasteiger partial charge in [0.2, 0.25) is 6.54 Å². The highest BCUT2D eigenvalue weighted by Gasteiger charge is 2.42. The Labute approximate surface area is 101 Å². The molecule has 0 aliphatic rings. The number of hydrogen-bond donors (Lipinski definition) is 1. The number of nitro groups is 1. The first-order valence-corrected chi connectivity index (χ1v) is 5.04. The summed E-state index contributed by atoms with van der Waals surface area (Å²) in [4.78, 5) is 30.9. The molecule has 0 bridgehead atoms. The Balaban J connectivity index is 4.94. The quantitative estimate of drug-likeness (QED) is 0.439. The first-order valence-electron chi connectivity index (χ1n) is 5.04. The Morgan fingerprint density at radius 1 is 1.44 bits per heavy atom. The van der Waals surface area contributed by atoms with Crippen molar-refractivity contribution in [3.8, 4) is 0 Å². The summed E-state index contributed by atoms with van der Waals surface area (Å²) in [5, 5.41) is 11.8. The maximum absolute atomic E-state index is 12.0. The van der Waals surface area contributed by atoms with Crippen LogP contribution in [0.2, 0.25) is 0 Å². The van der Waals surface area contributed by atoms with Crippen molar-refractivity contribution < 1.29 is 27.7 Å². The highest BCUT2D eigenvalue weighted by atomic mass is 19.4. The molecule has 9 heteroatoms. The topological polar surface area (TPSA) is 89.3 Å². The molecule has 0 radical (unpaired) electrons. The van der Waals surface area contributed by atoms with Crippen LogP contribution in [0, 0.1) is 22.0 Å². The van der Waals surface area contributed by atoms with Crippen molar-refractivity contribution in [3.05, 3.63) is 10.1 Å². The van der Waals surface area contributed by atoms with Crippen molar-refractivity contribution in [3.63, 3.8) is 0 Å². The largest absolute Gasteiger partial charge is 0.471 e. The van der Waals surface area contributed by atoms with Crippen LogP contribution in [0.4, 0.5) is 13.2 Å². The standard InChI is InChI=1S/C9H13F3N2O4/c1-5(2)6(4-15)7(3-14(17)18)13-8(16)9(10,11)12/h4-7H,3H2,1-2H3,(H,13,16)/t6-,7+/m0/s1. The second-order valence-electron chi connectivity index (χ2n) is 4.05. The lowest BCUT2D eigenvalue weighted by molar-refractivity contribution is -0.484. The normalized spacial score (nSPS) is 15.0. The summed E-state index contributed by atoms with van der Waals surface area (Å²) >= 11 is 0. The van der Waals surface area contributed by atoms with Crippen molar-refractivity contribution in [2.24, 2.45) is 11.8 Å². The lowest BCUT2D eigenvalue weighted by Crippen LogP contribution is -2.51. The SMILES string of the molecule is CC(C)[C@H](C=O)[C@@H](C[N+](=O)[O-])NC(=O)C(F)(F)F. The Hall–Kier alpha value is -1.67.